The number of rotatable bonds is 6. The van der Waals surface area contributed by atoms with Crippen LogP contribution in [-0.2, 0) is 4.79 Å². The second-order valence-corrected chi connectivity index (χ2v) is 8.37. The molecule has 0 saturated carbocycles. The smallest absolute Gasteiger partial charge is 0.255 e. The Hall–Kier alpha value is -2.25. The Balaban J connectivity index is 1.75. The highest BCUT2D eigenvalue weighted by Gasteiger charge is 2.23. The van der Waals surface area contributed by atoms with E-state index in [1.54, 1.807) is 31.4 Å². The summed E-state index contributed by atoms with van der Waals surface area (Å²) in [6.45, 7) is 4.75. The molecular formula is C22H25BrClN3O3. The summed E-state index contributed by atoms with van der Waals surface area (Å²) in [6.07, 6.45) is 1.44. The van der Waals surface area contributed by atoms with Gasteiger partial charge >= 0.3 is 0 Å². The molecule has 160 valence electrons. The minimum Gasteiger partial charge on any atom is -0.496 e. The van der Waals surface area contributed by atoms with Gasteiger partial charge in [0.2, 0.25) is 5.91 Å². The van der Waals surface area contributed by atoms with E-state index in [0.29, 0.717) is 59.1 Å². The first-order chi connectivity index (χ1) is 14.4. The van der Waals surface area contributed by atoms with Gasteiger partial charge in [0.25, 0.3) is 5.91 Å². The summed E-state index contributed by atoms with van der Waals surface area (Å²) in [7, 11) is 1.58. The lowest BCUT2D eigenvalue weighted by atomic mass is 10.1. The number of hydrogen-bond donors (Lipinski definition) is 1. The van der Waals surface area contributed by atoms with Crippen molar-refractivity contribution in [1.82, 2.24) is 4.90 Å². The first kappa shape index (κ1) is 22.4. The minimum atomic E-state index is -0.237. The average Bonchev–Trinajstić information content (AvgIpc) is 2.74. The van der Waals surface area contributed by atoms with Crippen molar-refractivity contribution in [2.24, 2.45) is 0 Å². The van der Waals surface area contributed by atoms with E-state index in [0.717, 1.165) is 12.1 Å². The number of amides is 2. The fraction of sp³-hybridized carbons (Fsp3) is 0.364. The van der Waals surface area contributed by atoms with Crippen molar-refractivity contribution in [2.75, 3.05) is 43.5 Å². The molecule has 0 radical (unpaired) electrons. The monoisotopic (exact) mass is 493 g/mol. The summed E-state index contributed by atoms with van der Waals surface area (Å²) in [6, 6.07) is 10.6. The van der Waals surface area contributed by atoms with E-state index < -0.39 is 0 Å². The maximum atomic E-state index is 12.8. The molecule has 1 saturated heterocycles. The van der Waals surface area contributed by atoms with Crippen LogP contribution in [-0.4, -0.2) is 50.0 Å². The fourth-order valence-corrected chi connectivity index (χ4v) is 4.17. The Labute approximate surface area is 190 Å². The third-order valence-corrected chi connectivity index (χ3v) is 5.91. The van der Waals surface area contributed by atoms with Gasteiger partial charge in [-0.3, -0.25) is 9.59 Å². The van der Waals surface area contributed by atoms with Crippen LogP contribution in [0, 0.1) is 0 Å². The van der Waals surface area contributed by atoms with Crippen molar-refractivity contribution in [1.29, 1.82) is 0 Å². The number of hydrogen-bond acceptors (Lipinski definition) is 4. The third kappa shape index (κ3) is 5.26. The topological polar surface area (TPSA) is 61.9 Å². The molecule has 0 atom stereocenters. The van der Waals surface area contributed by atoms with E-state index >= 15 is 0 Å². The number of halogens is 2. The van der Waals surface area contributed by atoms with Crippen molar-refractivity contribution < 1.29 is 14.3 Å². The molecule has 0 aromatic heterocycles. The largest absolute Gasteiger partial charge is 0.496 e. The molecule has 0 aliphatic carbocycles. The molecule has 0 spiro atoms. The lowest BCUT2D eigenvalue weighted by molar-refractivity contribution is -0.131. The quantitative estimate of drug-likeness (QED) is 0.626. The summed E-state index contributed by atoms with van der Waals surface area (Å²) >= 11 is 9.61. The molecule has 30 heavy (non-hydrogen) atoms. The predicted molar refractivity (Wildman–Crippen MR) is 124 cm³/mol. The van der Waals surface area contributed by atoms with E-state index in [1.165, 1.54) is 0 Å². The fourth-order valence-electron chi connectivity index (χ4n) is 3.45. The van der Waals surface area contributed by atoms with Gasteiger partial charge in [-0.15, -0.1) is 0 Å². The molecule has 1 N–H and O–H groups in total. The SMILES string of the molecule is CCCC(=O)N1CCN(c2ccc(Cl)cc2NC(=O)c2ccc(OC)c(Br)c2)CC1. The van der Waals surface area contributed by atoms with Crippen LogP contribution in [0.1, 0.15) is 30.1 Å². The summed E-state index contributed by atoms with van der Waals surface area (Å²) in [5.41, 5.74) is 2.04. The van der Waals surface area contributed by atoms with Crippen molar-refractivity contribution >= 4 is 50.7 Å². The van der Waals surface area contributed by atoms with Gasteiger partial charge in [0.15, 0.2) is 0 Å². The van der Waals surface area contributed by atoms with Gasteiger partial charge in [0.1, 0.15) is 5.75 Å². The standard InChI is InChI=1S/C22H25BrClN3O3/c1-3-4-21(28)27-11-9-26(10-12-27)19-7-6-16(24)14-18(19)25-22(29)15-5-8-20(30-2)17(23)13-15/h5-8,13-14H,3-4,9-12H2,1-2H3,(H,25,29). The Morgan fingerprint density at radius 3 is 2.50 bits per heavy atom. The first-order valence-corrected chi connectivity index (χ1v) is 11.1. The molecule has 2 amide bonds. The van der Waals surface area contributed by atoms with Crippen molar-refractivity contribution in [3.8, 4) is 5.75 Å². The van der Waals surface area contributed by atoms with Gasteiger partial charge in [-0.2, -0.15) is 0 Å². The molecule has 8 heteroatoms. The van der Waals surface area contributed by atoms with Crippen molar-refractivity contribution in [3.05, 3.63) is 51.5 Å². The second kappa shape index (κ2) is 10.2. The highest BCUT2D eigenvalue weighted by atomic mass is 79.9. The van der Waals surface area contributed by atoms with Crippen LogP contribution in [0.4, 0.5) is 11.4 Å². The molecule has 6 nitrogen and oxygen atoms in total. The lowest BCUT2D eigenvalue weighted by Crippen LogP contribution is -2.48. The van der Waals surface area contributed by atoms with E-state index in [-0.39, 0.29) is 11.8 Å². The van der Waals surface area contributed by atoms with Crippen LogP contribution < -0.4 is 15.0 Å². The Morgan fingerprint density at radius 2 is 1.87 bits per heavy atom. The van der Waals surface area contributed by atoms with E-state index in [9.17, 15) is 9.59 Å². The first-order valence-electron chi connectivity index (χ1n) is 9.90. The number of piperazine rings is 1. The van der Waals surface area contributed by atoms with E-state index in [4.69, 9.17) is 16.3 Å². The number of ether oxygens (including phenoxy) is 1. The second-order valence-electron chi connectivity index (χ2n) is 7.08. The Bertz CT molecular complexity index is 930. The highest BCUT2D eigenvalue weighted by molar-refractivity contribution is 9.10. The number of methoxy groups -OCH3 is 1. The van der Waals surface area contributed by atoms with Crippen LogP contribution in [0.5, 0.6) is 5.75 Å². The van der Waals surface area contributed by atoms with Gasteiger partial charge < -0.3 is 19.9 Å². The summed E-state index contributed by atoms with van der Waals surface area (Å²) in [5, 5.41) is 3.52. The summed E-state index contributed by atoms with van der Waals surface area (Å²) < 4.78 is 5.93. The Morgan fingerprint density at radius 1 is 1.13 bits per heavy atom. The van der Waals surface area contributed by atoms with Gasteiger partial charge in [-0.25, -0.2) is 0 Å². The van der Waals surface area contributed by atoms with Gasteiger partial charge in [0, 0.05) is 43.2 Å². The summed E-state index contributed by atoms with van der Waals surface area (Å²) in [5.74, 6) is 0.621. The van der Waals surface area contributed by atoms with Gasteiger partial charge in [0.05, 0.1) is 23.0 Å². The number of nitrogens with zero attached hydrogens (tertiary/aromatic N) is 2. The number of nitrogens with one attached hydrogen (secondary N) is 1. The van der Waals surface area contributed by atoms with Crippen LogP contribution in [0.15, 0.2) is 40.9 Å². The molecule has 1 fully saturated rings. The minimum absolute atomic E-state index is 0.201. The number of carbonyl (C=O) groups excluding carboxylic acids is 2. The Kier molecular flexibility index (Phi) is 7.61. The normalized spacial score (nSPS) is 13.9. The average molecular weight is 495 g/mol. The molecule has 1 aliphatic rings. The van der Waals surface area contributed by atoms with Crippen molar-refractivity contribution in [3.63, 3.8) is 0 Å². The molecule has 2 aromatic rings. The zero-order valence-electron chi connectivity index (χ0n) is 17.1. The lowest BCUT2D eigenvalue weighted by Gasteiger charge is -2.37. The number of carbonyl (C=O) groups is 2. The maximum absolute atomic E-state index is 12.8. The molecular weight excluding hydrogens is 470 g/mol. The highest BCUT2D eigenvalue weighted by Crippen LogP contribution is 2.31. The van der Waals surface area contributed by atoms with Crippen molar-refractivity contribution in [2.45, 2.75) is 19.8 Å². The maximum Gasteiger partial charge on any atom is 0.255 e. The van der Waals surface area contributed by atoms with Crippen LogP contribution >= 0.6 is 27.5 Å². The van der Waals surface area contributed by atoms with Crippen LogP contribution in [0.2, 0.25) is 5.02 Å². The van der Waals surface area contributed by atoms with Gasteiger partial charge in [-0.1, -0.05) is 18.5 Å². The zero-order chi connectivity index (χ0) is 21.7. The number of benzene rings is 2. The molecule has 0 bridgehead atoms. The molecule has 2 aromatic carbocycles. The molecule has 1 heterocycles. The predicted octanol–water partition coefficient (Wildman–Crippen LogP) is 4.81. The van der Waals surface area contributed by atoms with Crippen LogP contribution in [0.3, 0.4) is 0 Å². The third-order valence-electron chi connectivity index (χ3n) is 5.06. The van der Waals surface area contributed by atoms with Crippen LogP contribution in [0.25, 0.3) is 0 Å². The number of anilines is 2. The van der Waals surface area contributed by atoms with E-state index in [1.807, 2.05) is 24.0 Å². The zero-order valence-corrected chi connectivity index (χ0v) is 19.4. The summed E-state index contributed by atoms with van der Waals surface area (Å²) in [4.78, 5) is 29.1. The van der Waals surface area contributed by atoms with E-state index in [2.05, 4.69) is 26.1 Å². The van der Waals surface area contributed by atoms with Gasteiger partial charge in [-0.05, 0) is 58.7 Å². The molecule has 0 unspecified atom stereocenters. The molecule has 3 rings (SSSR count). The molecule has 1 aliphatic heterocycles.